The van der Waals surface area contributed by atoms with Crippen LogP contribution in [0.1, 0.15) is 10.8 Å². The highest BCUT2D eigenvalue weighted by molar-refractivity contribution is 8.17. The Kier molecular flexibility index (Phi) is 5.40. The average molecular weight is 360 g/mol. The highest BCUT2D eigenvalue weighted by Crippen LogP contribution is 2.41. The zero-order valence-corrected chi connectivity index (χ0v) is 14.4. The minimum atomic E-state index is 0.257. The molecule has 0 aliphatic carbocycles. The number of rotatable bonds is 5. The van der Waals surface area contributed by atoms with Gasteiger partial charge in [0.1, 0.15) is 4.71 Å². The fourth-order valence-corrected chi connectivity index (χ4v) is 5.62. The van der Waals surface area contributed by atoms with Crippen molar-refractivity contribution in [2.24, 2.45) is 0 Å². The maximum Gasteiger partial charge on any atom is 0.101 e. The first kappa shape index (κ1) is 15.6. The van der Waals surface area contributed by atoms with Crippen LogP contribution in [0.2, 0.25) is 10.0 Å². The molecule has 1 fully saturated rings. The van der Waals surface area contributed by atoms with Crippen molar-refractivity contribution < 1.29 is 0 Å². The van der Waals surface area contributed by atoms with E-state index in [9.17, 15) is 0 Å². The number of nitrogens with one attached hydrogen (secondary N) is 1. The molecule has 21 heavy (non-hydrogen) atoms. The lowest BCUT2D eigenvalue weighted by atomic mass is 10.1. The molecule has 0 radical (unpaired) electrons. The summed E-state index contributed by atoms with van der Waals surface area (Å²) in [7, 11) is 0. The van der Waals surface area contributed by atoms with Crippen LogP contribution in [0.5, 0.6) is 0 Å². The van der Waals surface area contributed by atoms with E-state index in [1.807, 2.05) is 54.2 Å². The lowest BCUT2D eigenvalue weighted by Crippen LogP contribution is -2.19. The van der Waals surface area contributed by atoms with Crippen molar-refractivity contribution in [3.63, 3.8) is 0 Å². The molecule has 2 unspecified atom stereocenters. The second-order valence-electron chi connectivity index (χ2n) is 4.71. The molecular weight excluding hydrogens is 345 g/mol. The van der Waals surface area contributed by atoms with Crippen molar-refractivity contribution in [3.05, 3.63) is 52.5 Å². The van der Waals surface area contributed by atoms with E-state index < -0.39 is 0 Å². The fraction of sp³-hybridized carbons (Fsp3) is 0.357. The summed E-state index contributed by atoms with van der Waals surface area (Å²) in [4.78, 5) is 4.12. The number of benzene rings is 1. The van der Waals surface area contributed by atoms with Crippen LogP contribution in [0.3, 0.4) is 0 Å². The monoisotopic (exact) mass is 359 g/mol. The molecular formula is C14H15Cl2N3S2. The lowest BCUT2D eigenvalue weighted by molar-refractivity contribution is 0.681. The molecule has 0 amide bonds. The Morgan fingerprint density at radius 3 is 3.05 bits per heavy atom. The van der Waals surface area contributed by atoms with Crippen molar-refractivity contribution in [2.75, 3.05) is 12.3 Å². The maximum atomic E-state index is 6.40. The molecule has 2 atom stereocenters. The molecule has 3 rings (SSSR count). The van der Waals surface area contributed by atoms with Crippen LogP contribution in [0, 0.1) is 0 Å². The van der Waals surface area contributed by atoms with E-state index in [2.05, 4.69) is 14.9 Å². The molecule has 1 aromatic carbocycles. The lowest BCUT2D eigenvalue weighted by Gasteiger charge is -2.22. The van der Waals surface area contributed by atoms with Crippen molar-refractivity contribution in [1.82, 2.24) is 14.9 Å². The number of thioether (sulfide) groups is 2. The number of imidazole rings is 1. The van der Waals surface area contributed by atoms with Gasteiger partial charge >= 0.3 is 0 Å². The van der Waals surface area contributed by atoms with E-state index in [1.165, 1.54) is 0 Å². The number of hydrogen-bond acceptors (Lipinski definition) is 4. The van der Waals surface area contributed by atoms with Gasteiger partial charge in [-0.2, -0.15) is 0 Å². The van der Waals surface area contributed by atoms with Gasteiger partial charge in [-0.05, 0) is 17.7 Å². The van der Waals surface area contributed by atoms with Crippen LogP contribution in [-0.4, -0.2) is 26.6 Å². The van der Waals surface area contributed by atoms with E-state index in [1.54, 1.807) is 6.20 Å². The van der Waals surface area contributed by atoms with Crippen LogP contribution in [-0.2, 0) is 6.54 Å². The number of hydrogen-bond donors (Lipinski definition) is 1. The minimum Gasteiger partial charge on any atom is -0.336 e. The van der Waals surface area contributed by atoms with Crippen LogP contribution in [0.4, 0.5) is 0 Å². The molecule has 0 spiro atoms. The molecule has 0 saturated carbocycles. The summed E-state index contributed by atoms with van der Waals surface area (Å²) in [6.45, 7) is 1.90. The van der Waals surface area contributed by atoms with Crippen molar-refractivity contribution in [1.29, 1.82) is 0 Å². The molecule has 3 nitrogen and oxygen atoms in total. The molecule has 112 valence electrons. The normalized spacial score (nSPS) is 19.8. The zero-order valence-electron chi connectivity index (χ0n) is 11.2. The molecule has 1 saturated heterocycles. The van der Waals surface area contributed by atoms with Crippen LogP contribution >= 0.6 is 46.7 Å². The summed E-state index contributed by atoms with van der Waals surface area (Å²) in [5, 5.41) is 5.15. The van der Waals surface area contributed by atoms with E-state index in [0.29, 0.717) is 9.73 Å². The van der Waals surface area contributed by atoms with Gasteiger partial charge in [-0.25, -0.2) is 4.98 Å². The first-order valence-electron chi connectivity index (χ1n) is 6.63. The Morgan fingerprint density at radius 2 is 2.38 bits per heavy atom. The van der Waals surface area contributed by atoms with Crippen molar-refractivity contribution in [3.8, 4) is 0 Å². The molecule has 2 aromatic rings. The highest BCUT2D eigenvalue weighted by Gasteiger charge is 2.24. The van der Waals surface area contributed by atoms with Gasteiger partial charge in [0.2, 0.25) is 0 Å². The summed E-state index contributed by atoms with van der Waals surface area (Å²) in [5.41, 5.74) is 1.12. The van der Waals surface area contributed by atoms with Crippen LogP contribution in [0.15, 0.2) is 36.9 Å². The second kappa shape index (κ2) is 7.29. The zero-order chi connectivity index (χ0) is 14.7. The van der Waals surface area contributed by atoms with Gasteiger partial charge in [0.15, 0.2) is 0 Å². The molecule has 2 heterocycles. The second-order valence-corrected chi connectivity index (χ2v) is 8.37. The van der Waals surface area contributed by atoms with E-state index in [4.69, 9.17) is 23.2 Å². The Hall–Kier alpha value is -0.330. The molecule has 1 N–H and O–H groups in total. The molecule has 0 bridgehead atoms. The standard InChI is InChI=1S/C14H15Cl2N3S2/c15-10-1-2-11(12(16)7-10)13(8-19-5-3-17-9-19)21-14-18-4-6-20-14/h1-3,5,7,9,13-14,18H,4,6,8H2. The van der Waals surface area contributed by atoms with Gasteiger partial charge in [0.05, 0.1) is 11.6 Å². The van der Waals surface area contributed by atoms with Gasteiger partial charge in [-0.15, -0.1) is 23.5 Å². The van der Waals surface area contributed by atoms with E-state index >= 15 is 0 Å². The summed E-state index contributed by atoms with van der Waals surface area (Å²) in [6, 6.07) is 5.74. The minimum absolute atomic E-state index is 0.257. The van der Waals surface area contributed by atoms with Gasteiger partial charge in [0, 0.05) is 41.3 Å². The average Bonchev–Trinajstić information content (AvgIpc) is 3.11. The molecule has 1 aliphatic rings. The Bertz CT molecular complexity index is 586. The third-order valence-electron chi connectivity index (χ3n) is 3.22. The molecule has 1 aliphatic heterocycles. The number of aromatic nitrogens is 2. The van der Waals surface area contributed by atoms with Gasteiger partial charge in [0.25, 0.3) is 0 Å². The highest BCUT2D eigenvalue weighted by atomic mass is 35.5. The first-order chi connectivity index (χ1) is 10.2. The van der Waals surface area contributed by atoms with Crippen LogP contribution in [0.25, 0.3) is 0 Å². The summed E-state index contributed by atoms with van der Waals surface area (Å²) >= 11 is 16.3. The smallest absolute Gasteiger partial charge is 0.101 e. The van der Waals surface area contributed by atoms with Gasteiger partial charge < -0.3 is 4.57 Å². The maximum absolute atomic E-state index is 6.40. The third kappa shape index (κ3) is 4.11. The Labute approximate surface area is 142 Å². The predicted molar refractivity (Wildman–Crippen MR) is 93.3 cm³/mol. The topological polar surface area (TPSA) is 29.9 Å². The SMILES string of the molecule is Clc1ccc(C(Cn2ccnc2)SC2NCCS2)c(Cl)c1. The number of nitrogens with zero attached hydrogens (tertiary/aromatic N) is 2. The first-order valence-corrected chi connectivity index (χ1v) is 9.38. The van der Waals surface area contributed by atoms with E-state index in [-0.39, 0.29) is 5.25 Å². The Balaban J connectivity index is 1.82. The van der Waals surface area contributed by atoms with Gasteiger partial charge in [-0.1, -0.05) is 29.3 Å². The van der Waals surface area contributed by atoms with Gasteiger partial charge in [-0.3, -0.25) is 5.32 Å². The number of halogens is 2. The molecule has 7 heteroatoms. The Morgan fingerprint density at radius 1 is 1.48 bits per heavy atom. The quantitative estimate of drug-likeness (QED) is 0.862. The summed E-state index contributed by atoms with van der Waals surface area (Å²) in [5.74, 6) is 1.16. The summed E-state index contributed by atoms with van der Waals surface area (Å²) < 4.78 is 2.49. The summed E-state index contributed by atoms with van der Waals surface area (Å²) in [6.07, 6.45) is 5.62. The van der Waals surface area contributed by atoms with Crippen LogP contribution < -0.4 is 5.32 Å². The largest absolute Gasteiger partial charge is 0.336 e. The molecule has 1 aromatic heterocycles. The van der Waals surface area contributed by atoms with E-state index in [0.717, 1.165) is 29.4 Å². The van der Waals surface area contributed by atoms with Crippen molar-refractivity contribution >= 4 is 46.7 Å². The fourth-order valence-electron chi connectivity index (χ4n) is 2.20. The van der Waals surface area contributed by atoms with Crippen molar-refractivity contribution in [2.45, 2.75) is 16.5 Å². The predicted octanol–water partition coefficient (Wildman–Crippen LogP) is 4.28. The third-order valence-corrected chi connectivity index (χ3v) is 6.57.